The Balaban J connectivity index is 2.20. The van der Waals surface area contributed by atoms with Gasteiger partial charge in [0.05, 0.1) is 5.56 Å². The third-order valence-electron chi connectivity index (χ3n) is 3.37. The number of hydrogen-bond donors (Lipinski definition) is 1. The molecule has 0 unspecified atom stereocenters. The maximum atomic E-state index is 10.9. The fourth-order valence-corrected chi connectivity index (χ4v) is 2.93. The SMILES string of the molecule is Cc1cc(C(=O)O)ccc1Sc1ccc(C(C)(C)C)cc1. The van der Waals surface area contributed by atoms with Crippen molar-refractivity contribution in [1.82, 2.24) is 0 Å². The first-order valence-electron chi connectivity index (χ1n) is 6.90. The zero-order valence-corrected chi connectivity index (χ0v) is 13.6. The van der Waals surface area contributed by atoms with Crippen molar-refractivity contribution < 1.29 is 9.90 Å². The largest absolute Gasteiger partial charge is 0.478 e. The summed E-state index contributed by atoms with van der Waals surface area (Å²) < 4.78 is 0. The van der Waals surface area contributed by atoms with Gasteiger partial charge in [-0.05, 0) is 53.8 Å². The molecule has 2 rings (SSSR count). The highest BCUT2D eigenvalue weighted by Gasteiger charge is 2.13. The monoisotopic (exact) mass is 300 g/mol. The van der Waals surface area contributed by atoms with Gasteiger partial charge in [-0.25, -0.2) is 4.79 Å². The molecule has 0 fully saturated rings. The van der Waals surface area contributed by atoms with Crippen LogP contribution in [-0.4, -0.2) is 11.1 Å². The topological polar surface area (TPSA) is 37.3 Å². The van der Waals surface area contributed by atoms with Crippen LogP contribution in [0.15, 0.2) is 52.3 Å². The van der Waals surface area contributed by atoms with Crippen LogP contribution in [0, 0.1) is 6.92 Å². The van der Waals surface area contributed by atoms with E-state index in [9.17, 15) is 4.79 Å². The lowest BCUT2D eigenvalue weighted by molar-refractivity contribution is 0.0696. The Morgan fingerprint density at radius 3 is 2.14 bits per heavy atom. The smallest absolute Gasteiger partial charge is 0.335 e. The molecule has 0 aliphatic rings. The fraction of sp³-hybridized carbons (Fsp3) is 0.278. The van der Waals surface area contributed by atoms with Crippen molar-refractivity contribution in [3.8, 4) is 0 Å². The van der Waals surface area contributed by atoms with Crippen molar-refractivity contribution in [2.45, 2.75) is 42.9 Å². The van der Waals surface area contributed by atoms with Gasteiger partial charge in [0.2, 0.25) is 0 Å². The van der Waals surface area contributed by atoms with Crippen LogP contribution in [0.3, 0.4) is 0 Å². The maximum absolute atomic E-state index is 10.9. The van der Waals surface area contributed by atoms with Gasteiger partial charge in [-0.15, -0.1) is 0 Å². The molecular formula is C18H20O2S. The normalized spacial score (nSPS) is 11.4. The molecule has 0 saturated heterocycles. The lowest BCUT2D eigenvalue weighted by Crippen LogP contribution is -2.10. The molecule has 0 amide bonds. The number of carboxylic acids is 1. The van der Waals surface area contributed by atoms with E-state index in [2.05, 4.69) is 45.0 Å². The number of benzene rings is 2. The van der Waals surface area contributed by atoms with E-state index in [0.29, 0.717) is 5.56 Å². The average Bonchev–Trinajstić information content (AvgIpc) is 2.40. The first-order chi connectivity index (χ1) is 9.77. The summed E-state index contributed by atoms with van der Waals surface area (Å²) in [5, 5.41) is 8.99. The van der Waals surface area contributed by atoms with Crippen molar-refractivity contribution in [2.24, 2.45) is 0 Å². The third kappa shape index (κ3) is 3.88. The maximum Gasteiger partial charge on any atom is 0.335 e. The van der Waals surface area contributed by atoms with Crippen molar-refractivity contribution >= 4 is 17.7 Å². The number of aryl methyl sites for hydroxylation is 1. The highest BCUT2D eigenvalue weighted by atomic mass is 32.2. The van der Waals surface area contributed by atoms with Crippen LogP contribution in [0.25, 0.3) is 0 Å². The van der Waals surface area contributed by atoms with Crippen molar-refractivity contribution in [3.63, 3.8) is 0 Å². The third-order valence-corrected chi connectivity index (χ3v) is 4.56. The zero-order chi connectivity index (χ0) is 15.6. The molecule has 2 nitrogen and oxygen atoms in total. The molecule has 0 aliphatic carbocycles. The molecule has 110 valence electrons. The van der Waals surface area contributed by atoms with Crippen molar-refractivity contribution in [2.75, 3.05) is 0 Å². The minimum absolute atomic E-state index is 0.155. The fourth-order valence-electron chi connectivity index (χ4n) is 2.05. The van der Waals surface area contributed by atoms with Gasteiger partial charge in [0.25, 0.3) is 0 Å². The van der Waals surface area contributed by atoms with Gasteiger partial charge >= 0.3 is 5.97 Å². The summed E-state index contributed by atoms with van der Waals surface area (Å²) in [6, 6.07) is 13.8. The summed E-state index contributed by atoms with van der Waals surface area (Å²) in [5.74, 6) is -0.885. The molecule has 0 aromatic heterocycles. The summed E-state index contributed by atoms with van der Waals surface area (Å²) in [4.78, 5) is 13.2. The molecule has 0 heterocycles. The predicted molar refractivity (Wildman–Crippen MR) is 87.4 cm³/mol. The van der Waals surface area contributed by atoms with E-state index >= 15 is 0 Å². The second-order valence-electron chi connectivity index (χ2n) is 6.16. The predicted octanol–water partition coefficient (Wildman–Crippen LogP) is 5.14. The van der Waals surface area contributed by atoms with Crippen LogP contribution in [0.4, 0.5) is 0 Å². The molecule has 0 spiro atoms. The molecule has 1 N–H and O–H groups in total. The molecule has 0 atom stereocenters. The van der Waals surface area contributed by atoms with Gasteiger partial charge in [0.15, 0.2) is 0 Å². The van der Waals surface area contributed by atoms with E-state index < -0.39 is 5.97 Å². The zero-order valence-electron chi connectivity index (χ0n) is 12.8. The summed E-state index contributed by atoms with van der Waals surface area (Å²) in [6.07, 6.45) is 0. The second kappa shape index (κ2) is 5.94. The van der Waals surface area contributed by atoms with E-state index in [-0.39, 0.29) is 5.41 Å². The molecule has 0 radical (unpaired) electrons. The van der Waals surface area contributed by atoms with Gasteiger partial charge in [0.1, 0.15) is 0 Å². The first-order valence-corrected chi connectivity index (χ1v) is 7.71. The second-order valence-corrected chi connectivity index (χ2v) is 7.28. The molecule has 21 heavy (non-hydrogen) atoms. The van der Waals surface area contributed by atoms with E-state index in [4.69, 9.17) is 5.11 Å². The van der Waals surface area contributed by atoms with Crippen LogP contribution < -0.4 is 0 Å². The summed E-state index contributed by atoms with van der Waals surface area (Å²) in [6.45, 7) is 8.54. The highest BCUT2D eigenvalue weighted by Crippen LogP contribution is 2.32. The van der Waals surface area contributed by atoms with E-state index in [1.54, 1.807) is 23.9 Å². The minimum Gasteiger partial charge on any atom is -0.478 e. The van der Waals surface area contributed by atoms with E-state index in [1.165, 1.54) is 5.56 Å². The summed E-state index contributed by atoms with van der Waals surface area (Å²) >= 11 is 1.66. The van der Waals surface area contributed by atoms with E-state index in [1.807, 2.05) is 13.0 Å². The molecule has 2 aromatic rings. The van der Waals surface area contributed by atoms with Crippen LogP contribution >= 0.6 is 11.8 Å². The molecular weight excluding hydrogens is 280 g/mol. The lowest BCUT2D eigenvalue weighted by Gasteiger charge is -2.19. The molecule has 2 aromatic carbocycles. The Labute approximate surface area is 130 Å². The summed E-state index contributed by atoms with van der Waals surface area (Å²) in [5.41, 5.74) is 2.78. The van der Waals surface area contributed by atoms with E-state index in [0.717, 1.165) is 15.4 Å². The Morgan fingerprint density at radius 2 is 1.67 bits per heavy atom. The van der Waals surface area contributed by atoms with Gasteiger partial charge in [-0.3, -0.25) is 0 Å². The number of carboxylic acid groups (broad SMARTS) is 1. The number of hydrogen-bond acceptors (Lipinski definition) is 2. The lowest BCUT2D eigenvalue weighted by atomic mass is 9.87. The highest BCUT2D eigenvalue weighted by molar-refractivity contribution is 7.99. The van der Waals surface area contributed by atoms with Crippen LogP contribution in [0.5, 0.6) is 0 Å². The Bertz CT molecular complexity index is 652. The molecule has 3 heteroatoms. The Kier molecular flexibility index (Phi) is 4.43. The Morgan fingerprint density at radius 1 is 1.05 bits per heavy atom. The van der Waals surface area contributed by atoms with Crippen LogP contribution in [0.1, 0.15) is 42.3 Å². The van der Waals surface area contributed by atoms with Crippen LogP contribution in [0.2, 0.25) is 0 Å². The Hall–Kier alpha value is -1.74. The molecule has 0 aliphatic heterocycles. The quantitative estimate of drug-likeness (QED) is 0.852. The number of carbonyl (C=O) groups is 1. The average molecular weight is 300 g/mol. The van der Waals surface area contributed by atoms with Gasteiger partial charge < -0.3 is 5.11 Å². The number of aromatic carboxylic acids is 1. The van der Waals surface area contributed by atoms with Crippen molar-refractivity contribution in [3.05, 3.63) is 59.2 Å². The van der Waals surface area contributed by atoms with Gasteiger partial charge in [-0.1, -0.05) is 44.7 Å². The standard InChI is InChI=1S/C18H20O2S/c1-12-11-13(17(19)20)5-10-16(12)21-15-8-6-14(7-9-15)18(2,3)4/h5-11H,1-4H3,(H,19,20). The van der Waals surface area contributed by atoms with Gasteiger partial charge in [-0.2, -0.15) is 0 Å². The van der Waals surface area contributed by atoms with Crippen LogP contribution in [-0.2, 0) is 5.41 Å². The minimum atomic E-state index is -0.885. The van der Waals surface area contributed by atoms with Gasteiger partial charge in [0, 0.05) is 9.79 Å². The molecule has 0 saturated carbocycles. The number of rotatable bonds is 3. The van der Waals surface area contributed by atoms with Crippen molar-refractivity contribution in [1.29, 1.82) is 0 Å². The first kappa shape index (κ1) is 15.6. The molecule has 0 bridgehead atoms. The summed E-state index contributed by atoms with van der Waals surface area (Å²) in [7, 11) is 0.